The van der Waals surface area contributed by atoms with Gasteiger partial charge in [0.2, 0.25) is 0 Å². The van der Waals surface area contributed by atoms with Crippen molar-refractivity contribution in [3.05, 3.63) is 23.3 Å². The molecule has 0 aliphatic carbocycles. The summed E-state index contributed by atoms with van der Waals surface area (Å²) in [5.41, 5.74) is 1.58. The van der Waals surface area contributed by atoms with E-state index in [2.05, 4.69) is 0 Å². The summed E-state index contributed by atoms with van der Waals surface area (Å²) < 4.78 is 24.3. The van der Waals surface area contributed by atoms with Crippen molar-refractivity contribution in [3.8, 4) is 11.5 Å². The van der Waals surface area contributed by atoms with Gasteiger partial charge in [-0.25, -0.2) is 9.87 Å². The lowest BCUT2D eigenvalue weighted by atomic mass is 9.94. The standard InChI is InChI=1S/C12H18FNO3/c1-12(2,13)9-6-11(17-4)10(16-3)5-8(9)7-14-15/h5-6,14-15H,7H2,1-4H3. The van der Waals surface area contributed by atoms with E-state index in [1.54, 1.807) is 12.1 Å². The number of nitrogens with one attached hydrogen (secondary N) is 1. The maximum absolute atomic E-state index is 14.1. The summed E-state index contributed by atoms with van der Waals surface area (Å²) in [6.07, 6.45) is 0. The van der Waals surface area contributed by atoms with Gasteiger partial charge in [0, 0.05) is 6.54 Å². The average Bonchev–Trinajstić information content (AvgIpc) is 2.27. The zero-order valence-electron chi connectivity index (χ0n) is 10.5. The summed E-state index contributed by atoms with van der Waals surface area (Å²) in [5.74, 6) is 0.973. The summed E-state index contributed by atoms with van der Waals surface area (Å²) >= 11 is 0. The zero-order valence-corrected chi connectivity index (χ0v) is 10.5. The number of benzene rings is 1. The number of ether oxygens (including phenoxy) is 2. The Hall–Kier alpha value is -1.33. The van der Waals surface area contributed by atoms with E-state index < -0.39 is 5.67 Å². The summed E-state index contributed by atoms with van der Waals surface area (Å²) in [6.45, 7) is 3.05. The van der Waals surface area contributed by atoms with E-state index in [9.17, 15) is 4.39 Å². The van der Waals surface area contributed by atoms with Gasteiger partial charge in [-0.2, -0.15) is 0 Å². The van der Waals surface area contributed by atoms with Crippen molar-refractivity contribution < 1.29 is 19.1 Å². The minimum atomic E-state index is -1.52. The van der Waals surface area contributed by atoms with Gasteiger partial charge in [0.05, 0.1) is 14.2 Å². The molecule has 0 bridgehead atoms. The molecule has 17 heavy (non-hydrogen) atoms. The Morgan fingerprint density at radius 3 is 2.18 bits per heavy atom. The Balaban J connectivity index is 3.35. The van der Waals surface area contributed by atoms with Crippen molar-refractivity contribution in [1.29, 1.82) is 0 Å². The van der Waals surface area contributed by atoms with Crippen molar-refractivity contribution >= 4 is 0 Å². The first-order valence-corrected chi connectivity index (χ1v) is 5.25. The molecule has 0 heterocycles. The molecule has 4 nitrogen and oxygen atoms in total. The Labute approximate surface area is 100 Å². The fourth-order valence-corrected chi connectivity index (χ4v) is 1.71. The lowest BCUT2D eigenvalue weighted by Crippen LogP contribution is -2.17. The van der Waals surface area contributed by atoms with Gasteiger partial charge in [0.15, 0.2) is 11.5 Å². The van der Waals surface area contributed by atoms with Crippen LogP contribution in [0.1, 0.15) is 25.0 Å². The summed E-state index contributed by atoms with van der Waals surface area (Å²) in [6, 6.07) is 3.24. The van der Waals surface area contributed by atoms with Crippen LogP contribution in [-0.2, 0) is 12.2 Å². The minimum absolute atomic E-state index is 0.142. The number of halogens is 1. The highest BCUT2D eigenvalue weighted by Gasteiger charge is 2.24. The SMILES string of the molecule is COc1cc(CNO)c(C(C)(C)F)cc1OC. The molecule has 0 unspecified atom stereocenters. The quantitative estimate of drug-likeness (QED) is 0.780. The lowest BCUT2D eigenvalue weighted by molar-refractivity contribution is 0.158. The molecular weight excluding hydrogens is 225 g/mol. The molecule has 1 aromatic carbocycles. The first-order chi connectivity index (χ1) is 7.93. The van der Waals surface area contributed by atoms with E-state index in [0.717, 1.165) is 0 Å². The monoisotopic (exact) mass is 243 g/mol. The third-order valence-electron chi connectivity index (χ3n) is 2.52. The molecular formula is C12H18FNO3. The van der Waals surface area contributed by atoms with Gasteiger partial charge < -0.3 is 14.7 Å². The van der Waals surface area contributed by atoms with Gasteiger partial charge in [0.25, 0.3) is 0 Å². The van der Waals surface area contributed by atoms with E-state index in [-0.39, 0.29) is 6.54 Å². The predicted molar refractivity (Wildman–Crippen MR) is 62.3 cm³/mol. The fraction of sp³-hybridized carbons (Fsp3) is 0.500. The van der Waals surface area contributed by atoms with Crippen molar-refractivity contribution in [2.24, 2.45) is 0 Å². The molecule has 0 fully saturated rings. The molecule has 5 heteroatoms. The van der Waals surface area contributed by atoms with Crippen LogP contribution in [0.15, 0.2) is 12.1 Å². The highest BCUT2D eigenvalue weighted by atomic mass is 19.1. The smallest absolute Gasteiger partial charge is 0.161 e. The van der Waals surface area contributed by atoms with Crippen LogP contribution in [0.4, 0.5) is 4.39 Å². The minimum Gasteiger partial charge on any atom is -0.493 e. The molecule has 0 saturated carbocycles. The molecule has 0 spiro atoms. The maximum atomic E-state index is 14.1. The van der Waals surface area contributed by atoms with Crippen molar-refractivity contribution in [2.75, 3.05) is 14.2 Å². The molecule has 2 N–H and O–H groups in total. The Morgan fingerprint density at radius 1 is 1.24 bits per heavy atom. The summed E-state index contributed by atoms with van der Waals surface area (Å²) in [5, 5.41) is 8.76. The second-order valence-electron chi connectivity index (χ2n) is 4.17. The fourth-order valence-electron chi connectivity index (χ4n) is 1.71. The lowest BCUT2D eigenvalue weighted by Gasteiger charge is -2.21. The molecule has 0 atom stereocenters. The van der Waals surface area contributed by atoms with Crippen LogP contribution < -0.4 is 15.0 Å². The van der Waals surface area contributed by atoms with Gasteiger partial charge in [-0.3, -0.25) is 0 Å². The van der Waals surface area contributed by atoms with Crippen LogP contribution in [0.2, 0.25) is 0 Å². The molecule has 0 saturated heterocycles. The largest absolute Gasteiger partial charge is 0.493 e. The van der Waals surface area contributed by atoms with Gasteiger partial charge in [-0.15, -0.1) is 0 Å². The zero-order chi connectivity index (χ0) is 13.1. The van der Waals surface area contributed by atoms with Crippen LogP contribution >= 0.6 is 0 Å². The van der Waals surface area contributed by atoms with Gasteiger partial charge in [-0.05, 0) is 37.1 Å². The summed E-state index contributed by atoms with van der Waals surface area (Å²) in [4.78, 5) is 0. The van der Waals surface area contributed by atoms with Gasteiger partial charge in [-0.1, -0.05) is 0 Å². The molecule has 0 amide bonds. The van der Waals surface area contributed by atoms with Crippen LogP contribution in [0, 0.1) is 0 Å². The third kappa shape index (κ3) is 3.08. The van der Waals surface area contributed by atoms with Gasteiger partial charge in [0.1, 0.15) is 5.67 Å². The van der Waals surface area contributed by atoms with E-state index >= 15 is 0 Å². The topological polar surface area (TPSA) is 50.7 Å². The number of hydrogen-bond acceptors (Lipinski definition) is 4. The second kappa shape index (κ2) is 5.33. The van der Waals surface area contributed by atoms with Gasteiger partial charge >= 0.3 is 0 Å². The normalized spacial score (nSPS) is 11.4. The molecule has 0 aromatic heterocycles. The number of hydrogen-bond donors (Lipinski definition) is 2. The molecule has 0 aliphatic heterocycles. The first-order valence-electron chi connectivity index (χ1n) is 5.25. The molecule has 96 valence electrons. The van der Waals surface area contributed by atoms with E-state index in [1.807, 2.05) is 5.48 Å². The van der Waals surface area contributed by atoms with Crippen molar-refractivity contribution in [1.82, 2.24) is 5.48 Å². The predicted octanol–water partition coefficient (Wildman–Crippen LogP) is 2.39. The maximum Gasteiger partial charge on any atom is 0.161 e. The van der Waals surface area contributed by atoms with E-state index in [1.165, 1.54) is 28.1 Å². The van der Waals surface area contributed by atoms with Crippen molar-refractivity contribution in [3.63, 3.8) is 0 Å². The summed E-state index contributed by atoms with van der Waals surface area (Å²) in [7, 11) is 3.01. The second-order valence-corrected chi connectivity index (χ2v) is 4.17. The molecule has 1 aromatic rings. The number of alkyl halides is 1. The number of rotatable bonds is 5. The van der Waals surface area contributed by atoms with Crippen LogP contribution in [-0.4, -0.2) is 19.4 Å². The molecule has 0 radical (unpaired) electrons. The average molecular weight is 243 g/mol. The first kappa shape index (κ1) is 13.7. The Bertz CT molecular complexity index is 388. The van der Waals surface area contributed by atoms with E-state index in [4.69, 9.17) is 14.7 Å². The Kier molecular flexibility index (Phi) is 4.31. The molecule has 0 aliphatic rings. The highest BCUT2D eigenvalue weighted by Crippen LogP contribution is 2.36. The highest BCUT2D eigenvalue weighted by molar-refractivity contribution is 5.49. The molecule has 1 rings (SSSR count). The number of hydroxylamine groups is 1. The van der Waals surface area contributed by atoms with Crippen LogP contribution in [0.25, 0.3) is 0 Å². The third-order valence-corrected chi connectivity index (χ3v) is 2.52. The van der Waals surface area contributed by atoms with Crippen LogP contribution in [0.5, 0.6) is 11.5 Å². The Morgan fingerprint density at radius 2 is 1.76 bits per heavy atom. The number of methoxy groups -OCH3 is 2. The van der Waals surface area contributed by atoms with E-state index in [0.29, 0.717) is 22.6 Å². The van der Waals surface area contributed by atoms with Crippen LogP contribution in [0.3, 0.4) is 0 Å². The van der Waals surface area contributed by atoms with Crippen molar-refractivity contribution in [2.45, 2.75) is 26.1 Å².